The number of esters is 1. The number of rotatable bonds is 11. The Labute approximate surface area is 235 Å². The van der Waals surface area contributed by atoms with Gasteiger partial charge in [-0.25, -0.2) is 4.79 Å². The van der Waals surface area contributed by atoms with Gasteiger partial charge in [0, 0.05) is 12.2 Å². The minimum absolute atomic E-state index is 0. The van der Waals surface area contributed by atoms with E-state index >= 15 is 0 Å². The molecule has 0 aromatic heterocycles. The van der Waals surface area contributed by atoms with Gasteiger partial charge >= 0.3 is 47.5 Å². The molecule has 206 valence electrons. The van der Waals surface area contributed by atoms with Gasteiger partial charge in [-0.3, -0.25) is 19.2 Å². The van der Waals surface area contributed by atoms with Gasteiger partial charge in [-0.2, -0.15) is 12.6 Å². The van der Waals surface area contributed by atoms with Crippen molar-refractivity contribution in [1.29, 1.82) is 0 Å². The number of amides is 2. The minimum Gasteiger partial charge on any atom is -0.565 e. The van der Waals surface area contributed by atoms with Crippen molar-refractivity contribution in [3.63, 3.8) is 0 Å². The summed E-state index contributed by atoms with van der Waals surface area (Å²) >= 11 is 3.87. The summed E-state index contributed by atoms with van der Waals surface area (Å²) in [5.74, 6) is -6.48. The van der Waals surface area contributed by atoms with Gasteiger partial charge < -0.3 is 66.8 Å². The van der Waals surface area contributed by atoms with Gasteiger partial charge in [0.2, 0.25) is 23.7 Å². The number of nitrogens with two attached hydrogens (primary N) is 1. The first-order valence-corrected chi connectivity index (χ1v) is 10.1. The van der Waals surface area contributed by atoms with E-state index in [1.165, 1.54) is 0 Å². The average Bonchev–Trinajstić information content (AvgIpc) is 3.05. The van der Waals surface area contributed by atoms with Crippen LogP contribution in [-0.4, -0.2) is 115 Å². The molecule has 20 heteroatoms. The van der Waals surface area contributed by atoms with E-state index in [1.807, 2.05) is 0 Å². The van der Waals surface area contributed by atoms with Crippen LogP contribution in [0.4, 0.5) is 4.79 Å². The van der Waals surface area contributed by atoms with Crippen molar-refractivity contribution in [2.24, 2.45) is 5.73 Å². The van der Waals surface area contributed by atoms with Gasteiger partial charge in [0.25, 0.3) is 0 Å². The molecule has 2 amide bonds. The van der Waals surface area contributed by atoms with E-state index in [-0.39, 0.29) is 48.2 Å². The van der Waals surface area contributed by atoms with Crippen molar-refractivity contribution in [3.05, 3.63) is 11.5 Å². The number of carboxylic acids is 2. The first-order chi connectivity index (χ1) is 16.6. The quantitative estimate of drug-likeness (QED) is 0.0627. The van der Waals surface area contributed by atoms with E-state index in [2.05, 4.69) is 28.0 Å². The molecule has 18 nitrogen and oxygen atoms in total. The van der Waals surface area contributed by atoms with E-state index in [0.29, 0.717) is 0 Å². The van der Waals surface area contributed by atoms with Crippen molar-refractivity contribution in [2.75, 3.05) is 18.9 Å². The van der Waals surface area contributed by atoms with Gasteiger partial charge in [-0.15, -0.1) is 0 Å². The summed E-state index contributed by atoms with van der Waals surface area (Å²) in [6.07, 6.45) is -5.10. The van der Waals surface area contributed by atoms with Crippen LogP contribution in [0.3, 0.4) is 0 Å². The number of carboxylic acid groups (broad SMARTS) is 4. The molecule has 0 radical (unpaired) electrons. The Morgan fingerprint density at radius 1 is 1.14 bits per heavy atom. The molecule has 1 rings (SSSR count). The second kappa shape index (κ2) is 20.3. The van der Waals surface area contributed by atoms with E-state index in [9.17, 15) is 24.0 Å². The molecule has 0 fully saturated rings. The van der Waals surface area contributed by atoms with Crippen molar-refractivity contribution < 1.29 is 104 Å². The molecule has 1 aliphatic rings. The number of hydrogen-bond acceptors (Lipinski definition) is 14. The van der Waals surface area contributed by atoms with Crippen LogP contribution in [0, 0.1) is 0 Å². The zero-order valence-corrected chi connectivity index (χ0v) is 22.2. The maximum Gasteiger partial charge on any atom is 1.00 e. The Hall–Kier alpha value is -2.81. The Bertz CT molecular complexity index is 837. The van der Waals surface area contributed by atoms with Crippen LogP contribution >= 0.6 is 12.6 Å². The second-order valence-electron chi connectivity index (χ2n) is 6.47. The Kier molecular flexibility index (Phi) is 21.2. The first-order valence-electron chi connectivity index (χ1n) is 9.48. The monoisotopic (exact) mass is 567 g/mol. The Morgan fingerprint density at radius 3 is 2.00 bits per heavy atom. The molecule has 4 atom stereocenters. The molecule has 2 unspecified atom stereocenters. The van der Waals surface area contributed by atoms with E-state index in [0.717, 1.165) is 0 Å². The molecule has 0 bridgehead atoms. The number of aliphatic carboxylic acids is 2. The standard InChI is InChI=1S/C10H17N3O6S.C6H8O6.CH2O3.Na/c11-5(10(18)19)1-2-7(14)13-6(4-20)9(17)12-3-8(15)16;7-1-2(8)5-3(9)4(10)6(11)12-5;2-1(3)4;/h5-6,20H,1-4,11H2,(H,12,17)(H,13,14)(H,15,16)(H,18,19);2,5,7-10H,1H2;(H2,2,3,4);/q;;;+1/p-1/t;2-,5+;;/m.0../s1. The smallest absolute Gasteiger partial charge is 0.565 e. The summed E-state index contributed by atoms with van der Waals surface area (Å²) in [7, 11) is 0. The fourth-order valence-corrected chi connectivity index (χ4v) is 2.24. The molecule has 0 aliphatic carbocycles. The van der Waals surface area contributed by atoms with Crippen LogP contribution < -0.4 is 51.0 Å². The fourth-order valence-electron chi connectivity index (χ4n) is 1.98. The zero-order valence-electron chi connectivity index (χ0n) is 19.3. The van der Waals surface area contributed by atoms with Crippen LogP contribution in [0.15, 0.2) is 11.5 Å². The summed E-state index contributed by atoms with van der Waals surface area (Å²) < 4.78 is 4.32. The number of hydrogen-bond donors (Lipinski definition) is 11. The summed E-state index contributed by atoms with van der Waals surface area (Å²) in [6, 6.07) is -2.15. The van der Waals surface area contributed by atoms with Crippen LogP contribution in [0.2, 0.25) is 0 Å². The number of aliphatic hydroxyl groups excluding tert-OH is 4. The molecule has 1 aliphatic heterocycles. The van der Waals surface area contributed by atoms with Gasteiger partial charge in [0.15, 0.2) is 11.9 Å². The van der Waals surface area contributed by atoms with Crippen LogP contribution in [-0.2, 0) is 28.7 Å². The van der Waals surface area contributed by atoms with Crippen LogP contribution in [0.5, 0.6) is 0 Å². The number of thiol groups is 1. The van der Waals surface area contributed by atoms with E-state index in [4.69, 9.17) is 51.4 Å². The van der Waals surface area contributed by atoms with Crippen LogP contribution in [0.25, 0.3) is 0 Å². The van der Waals surface area contributed by atoms with Gasteiger partial charge in [-0.1, -0.05) is 0 Å². The topological polar surface area (TPSA) is 326 Å². The largest absolute Gasteiger partial charge is 1.00 e. The SMILES string of the molecule is NC(CCC(=O)NC(CS)C(=O)NCC(=O)O)C(=O)O.O=C([O-])O.O=C1O[C@H]([C@@H](O)CO)C(O)=C1O.[Na+]. The summed E-state index contributed by atoms with van der Waals surface area (Å²) in [5.41, 5.74) is 5.23. The molecule has 0 spiro atoms. The predicted molar refractivity (Wildman–Crippen MR) is 115 cm³/mol. The third-order valence-corrected chi connectivity index (χ3v) is 4.09. The molecule has 0 saturated carbocycles. The molecule has 11 N–H and O–H groups in total. The average molecular weight is 567 g/mol. The van der Waals surface area contributed by atoms with Crippen molar-refractivity contribution in [3.8, 4) is 0 Å². The van der Waals surface area contributed by atoms with E-state index in [1.54, 1.807) is 0 Å². The second-order valence-corrected chi connectivity index (χ2v) is 6.84. The normalized spacial score (nSPS) is 16.1. The van der Waals surface area contributed by atoms with Gasteiger partial charge in [0.1, 0.15) is 24.7 Å². The molecular formula is C17H26N3NaO15S. The van der Waals surface area contributed by atoms with Crippen molar-refractivity contribution >= 4 is 48.5 Å². The summed E-state index contributed by atoms with van der Waals surface area (Å²) in [6.45, 7) is -1.24. The molecule has 1 heterocycles. The van der Waals surface area contributed by atoms with E-state index < -0.39 is 84.8 Å². The fraction of sp³-hybridized carbons (Fsp3) is 0.529. The Morgan fingerprint density at radius 2 is 1.65 bits per heavy atom. The predicted octanol–water partition coefficient (Wildman–Crippen LogP) is -7.72. The number of cyclic esters (lactones) is 1. The number of carbonyl (C=O) groups excluding carboxylic acids is 3. The van der Waals surface area contributed by atoms with Gasteiger partial charge in [0.05, 0.1) is 6.61 Å². The minimum atomic E-state index is -2.08. The Balaban J connectivity index is -0.000000574. The molecular weight excluding hydrogens is 541 g/mol. The molecule has 0 saturated heterocycles. The van der Waals surface area contributed by atoms with Crippen LogP contribution in [0.1, 0.15) is 12.8 Å². The maximum atomic E-state index is 11.5. The van der Waals surface area contributed by atoms with Crippen molar-refractivity contribution in [2.45, 2.75) is 37.1 Å². The maximum absolute atomic E-state index is 11.5. The third kappa shape index (κ3) is 17.3. The zero-order chi connectivity index (χ0) is 28.6. The number of nitrogens with one attached hydrogen (secondary N) is 2. The number of aliphatic hydroxyl groups is 4. The molecule has 0 aromatic rings. The van der Waals surface area contributed by atoms with Crippen molar-refractivity contribution in [1.82, 2.24) is 10.6 Å². The van der Waals surface area contributed by atoms with Gasteiger partial charge in [-0.05, 0) is 6.42 Å². The molecule has 37 heavy (non-hydrogen) atoms. The third-order valence-electron chi connectivity index (χ3n) is 3.72. The number of ether oxygens (including phenoxy) is 1. The molecule has 0 aromatic carbocycles. The number of carbonyl (C=O) groups is 6. The first kappa shape index (κ1) is 38.7. The summed E-state index contributed by atoms with van der Waals surface area (Å²) in [5, 5.41) is 71.7. The summed E-state index contributed by atoms with van der Waals surface area (Å²) in [4.78, 5) is 62.7.